The SMILES string of the molecule is CNc1ccncc1S(=O)(=O)Nc1nnc(CC(C)C)s1. The Morgan fingerprint density at radius 3 is 2.76 bits per heavy atom. The molecule has 0 aliphatic carbocycles. The van der Waals surface area contributed by atoms with Crippen molar-refractivity contribution in [2.45, 2.75) is 25.2 Å². The van der Waals surface area contributed by atoms with Crippen LogP contribution in [0.2, 0.25) is 0 Å². The summed E-state index contributed by atoms with van der Waals surface area (Å²) in [6.07, 6.45) is 3.59. The van der Waals surface area contributed by atoms with Gasteiger partial charge < -0.3 is 5.32 Å². The Labute approximate surface area is 127 Å². The standard InChI is InChI=1S/C12H17N5O2S2/c1-8(2)6-11-15-16-12(20-11)17-21(18,19)10-7-14-5-4-9(10)13-3/h4-5,7-8H,6H2,1-3H3,(H,13,14)(H,16,17). The second kappa shape index (κ2) is 6.35. The molecule has 0 saturated carbocycles. The van der Waals surface area contributed by atoms with Crippen LogP contribution in [0.4, 0.5) is 10.8 Å². The first-order valence-electron chi connectivity index (χ1n) is 6.39. The molecule has 2 heterocycles. The third-order valence-corrected chi connectivity index (χ3v) is 4.97. The predicted molar refractivity (Wildman–Crippen MR) is 83.0 cm³/mol. The molecule has 0 saturated heterocycles. The van der Waals surface area contributed by atoms with Crippen molar-refractivity contribution < 1.29 is 8.42 Å². The van der Waals surface area contributed by atoms with Gasteiger partial charge in [0.2, 0.25) is 5.13 Å². The van der Waals surface area contributed by atoms with E-state index in [-0.39, 0.29) is 10.0 Å². The van der Waals surface area contributed by atoms with Crippen molar-refractivity contribution in [1.29, 1.82) is 0 Å². The summed E-state index contributed by atoms with van der Waals surface area (Å²) in [5.74, 6) is 0.441. The van der Waals surface area contributed by atoms with E-state index < -0.39 is 10.0 Å². The summed E-state index contributed by atoms with van der Waals surface area (Å²) in [5, 5.41) is 11.8. The fourth-order valence-electron chi connectivity index (χ4n) is 1.70. The highest BCUT2D eigenvalue weighted by Crippen LogP contribution is 2.24. The highest BCUT2D eigenvalue weighted by Gasteiger charge is 2.20. The molecule has 0 spiro atoms. The highest BCUT2D eigenvalue weighted by molar-refractivity contribution is 7.93. The van der Waals surface area contributed by atoms with Gasteiger partial charge in [-0.2, -0.15) is 0 Å². The van der Waals surface area contributed by atoms with Crippen molar-refractivity contribution >= 4 is 32.2 Å². The molecule has 0 atom stereocenters. The first-order valence-corrected chi connectivity index (χ1v) is 8.69. The third-order valence-electron chi connectivity index (χ3n) is 2.61. The molecule has 2 N–H and O–H groups in total. The molecule has 0 radical (unpaired) electrons. The lowest BCUT2D eigenvalue weighted by atomic mass is 10.1. The van der Waals surface area contributed by atoms with Crippen LogP contribution in [0.25, 0.3) is 0 Å². The molecular weight excluding hydrogens is 310 g/mol. The van der Waals surface area contributed by atoms with Gasteiger partial charge in [-0.25, -0.2) is 8.42 Å². The zero-order valence-electron chi connectivity index (χ0n) is 12.0. The van der Waals surface area contributed by atoms with Crippen molar-refractivity contribution in [3.05, 3.63) is 23.5 Å². The zero-order chi connectivity index (χ0) is 15.5. The minimum atomic E-state index is -3.74. The van der Waals surface area contributed by atoms with Gasteiger partial charge in [0.05, 0.1) is 5.69 Å². The van der Waals surface area contributed by atoms with Crippen molar-refractivity contribution in [2.24, 2.45) is 5.92 Å². The molecule has 7 nitrogen and oxygen atoms in total. The maximum Gasteiger partial charge on any atom is 0.267 e. The van der Waals surface area contributed by atoms with E-state index in [9.17, 15) is 8.42 Å². The number of nitrogens with one attached hydrogen (secondary N) is 2. The monoisotopic (exact) mass is 327 g/mol. The average molecular weight is 327 g/mol. The van der Waals surface area contributed by atoms with Crippen molar-refractivity contribution in [2.75, 3.05) is 17.1 Å². The van der Waals surface area contributed by atoms with Gasteiger partial charge in [-0.3, -0.25) is 9.71 Å². The van der Waals surface area contributed by atoms with Crippen LogP contribution in [0.5, 0.6) is 0 Å². The number of pyridine rings is 1. The van der Waals surface area contributed by atoms with E-state index in [0.29, 0.717) is 11.6 Å². The Balaban J connectivity index is 2.23. The third kappa shape index (κ3) is 3.88. The van der Waals surface area contributed by atoms with Crippen molar-refractivity contribution in [1.82, 2.24) is 15.2 Å². The zero-order valence-corrected chi connectivity index (χ0v) is 13.6. The molecule has 0 amide bonds. The van der Waals surface area contributed by atoms with Crippen LogP contribution < -0.4 is 10.0 Å². The Morgan fingerprint density at radius 1 is 1.33 bits per heavy atom. The number of anilines is 2. The molecule has 0 unspecified atom stereocenters. The number of rotatable bonds is 6. The van der Waals surface area contributed by atoms with E-state index in [4.69, 9.17) is 0 Å². The van der Waals surface area contributed by atoms with E-state index >= 15 is 0 Å². The Kier molecular flexibility index (Phi) is 4.73. The molecule has 2 rings (SSSR count). The molecule has 114 valence electrons. The van der Waals surface area contributed by atoms with Gasteiger partial charge in [0.25, 0.3) is 10.0 Å². The van der Waals surface area contributed by atoms with Crippen LogP contribution in [0, 0.1) is 5.92 Å². The summed E-state index contributed by atoms with van der Waals surface area (Å²) < 4.78 is 27.2. The largest absolute Gasteiger partial charge is 0.387 e. The summed E-state index contributed by atoms with van der Waals surface area (Å²) in [5.41, 5.74) is 0.476. The minimum Gasteiger partial charge on any atom is -0.387 e. The molecule has 0 aliphatic heterocycles. The number of sulfonamides is 1. The summed E-state index contributed by atoms with van der Waals surface area (Å²) in [6.45, 7) is 4.14. The van der Waals surface area contributed by atoms with Gasteiger partial charge >= 0.3 is 0 Å². The molecule has 0 bridgehead atoms. The molecule has 0 fully saturated rings. The summed E-state index contributed by atoms with van der Waals surface area (Å²) in [6, 6.07) is 1.60. The average Bonchev–Trinajstić information content (AvgIpc) is 2.84. The second-order valence-electron chi connectivity index (χ2n) is 4.83. The van der Waals surface area contributed by atoms with Crippen molar-refractivity contribution in [3.63, 3.8) is 0 Å². The van der Waals surface area contributed by atoms with Crippen LogP contribution in [-0.4, -0.2) is 30.6 Å². The van der Waals surface area contributed by atoms with Crippen molar-refractivity contribution in [3.8, 4) is 0 Å². The summed E-state index contributed by atoms with van der Waals surface area (Å²) >= 11 is 1.24. The van der Waals surface area contributed by atoms with E-state index in [1.807, 2.05) is 0 Å². The predicted octanol–water partition coefficient (Wildman–Crippen LogP) is 1.97. The van der Waals surface area contributed by atoms with E-state index in [2.05, 4.69) is 39.1 Å². The number of hydrogen-bond donors (Lipinski definition) is 2. The van der Waals surface area contributed by atoms with Crippen LogP contribution in [0.3, 0.4) is 0 Å². The maximum absolute atomic E-state index is 12.4. The Morgan fingerprint density at radius 2 is 2.10 bits per heavy atom. The maximum atomic E-state index is 12.4. The molecule has 2 aromatic heterocycles. The van der Waals surface area contributed by atoms with Crippen LogP contribution >= 0.6 is 11.3 Å². The van der Waals surface area contributed by atoms with E-state index in [0.717, 1.165) is 11.4 Å². The van der Waals surface area contributed by atoms with E-state index in [1.165, 1.54) is 23.7 Å². The second-order valence-corrected chi connectivity index (χ2v) is 7.54. The lowest BCUT2D eigenvalue weighted by Gasteiger charge is -2.09. The summed E-state index contributed by atoms with van der Waals surface area (Å²) in [4.78, 5) is 3.93. The quantitative estimate of drug-likeness (QED) is 0.842. The van der Waals surface area contributed by atoms with Gasteiger partial charge in [0, 0.05) is 25.9 Å². The molecule has 0 aliphatic rings. The van der Waals surface area contributed by atoms with Crippen LogP contribution in [-0.2, 0) is 16.4 Å². The minimum absolute atomic E-state index is 0.0770. The molecule has 2 aromatic rings. The number of hydrogen-bond acceptors (Lipinski definition) is 7. The van der Waals surface area contributed by atoms with E-state index in [1.54, 1.807) is 13.1 Å². The molecule has 0 aromatic carbocycles. The van der Waals surface area contributed by atoms with Gasteiger partial charge in [-0.05, 0) is 12.0 Å². The topological polar surface area (TPSA) is 96.9 Å². The Hall–Kier alpha value is -1.74. The lowest BCUT2D eigenvalue weighted by molar-refractivity contribution is 0.601. The van der Waals surface area contributed by atoms with Gasteiger partial charge in [-0.15, -0.1) is 10.2 Å². The molecule has 9 heteroatoms. The number of aromatic nitrogens is 3. The van der Waals surface area contributed by atoms with Crippen LogP contribution in [0.1, 0.15) is 18.9 Å². The van der Waals surface area contributed by atoms with Gasteiger partial charge in [0.1, 0.15) is 9.90 Å². The first-order chi connectivity index (χ1) is 9.92. The fourth-order valence-corrected chi connectivity index (χ4v) is 4.04. The smallest absolute Gasteiger partial charge is 0.267 e. The summed E-state index contributed by atoms with van der Waals surface area (Å²) in [7, 11) is -2.09. The van der Waals surface area contributed by atoms with Gasteiger partial charge in [0.15, 0.2) is 0 Å². The lowest BCUT2D eigenvalue weighted by Crippen LogP contribution is -2.15. The van der Waals surface area contributed by atoms with Crippen LogP contribution in [0.15, 0.2) is 23.4 Å². The first kappa shape index (κ1) is 15.6. The fraction of sp³-hybridized carbons (Fsp3) is 0.417. The number of nitrogens with zero attached hydrogens (tertiary/aromatic N) is 3. The van der Waals surface area contributed by atoms with Gasteiger partial charge in [-0.1, -0.05) is 25.2 Å². The Bertz CT molecular complexity index is 712. The highest BCUT2D eigenvalue weighted by atomic mass is 32.2. The normalized spacial score (nSPS) is 11.6. The molecule has 21 heavy (non-hydrogen) atoms. The molecular formula is C12H17N5O2S2.